The number of carbonyl (C=O) groups excluding carboxylic acids is 1. The third-order valence-corrected chi connectivity index (χ3v) is 4.55. The molecule has 112 valence electrons. The predicted octanol–water partition coefficient (Wildman–Crippen LogP) is 2.31. The van der Waals surface area contributed by atoms with Crippen LogP contribution in [0, 0.1) is 19.8 Å². The van der Waals surface area contributed by atoms with Gasteiger partial charge in [-0.1, -0.05) is 12.1 Å². The molecule has 0 saturated carbocycles. The number of benzene rings is 1. The second-order valence-electron chi connectivity index (χ2n) is 6.24. The number of fused-ring (bicyclic) bond motifs is 1. The number of piperidine rings is 1. The number of hydrogen-bond donors (Lipinski definition) is 0. The van der Waals surface area contributed by atoms with Gasteiger partial charge in [-0.15, -0.1) is 5.10 Å². The molecular weight excluding hydrogens is 264 g/mol. The average Bonchev–Trinajstić information content (AvgIpc) is 2.82. The molecule has 0 atom stereocenters. The molecule has 1 aromatic carbocycles. The molecule has 2 aromatic rings. The Balaban J connectivity index is 1.78. The van der Waals surface area contributed by atoms with Crippen LogP contribution in [0.1, 0.15) is 30.9 Å². The number of carbonyl (C=O) groups is 1. The predicted molar refractivity (Wildman–Crippen MR) is 82.0 cm³/mol. The smallest absolute Gasteiger partial charge is 0.244 e. The zero-order chi connectivity index (χ0) is 15.0. The summed E-state index contributed by atoms with van der Waals surface area (Å²) in [5.41, 5.74) is 4.20. The topological polar surface area (TPSA) is 51.0 Å². The number of aromatic nitrogens is 3. The van der Waals surface area contributed by atoms with E-state index in [-0.39, 0.29) is 12.5 Å². The first-order valence-electron chi connectivity index (χ1n) is 7.63. The summed E-state index contributed by atoms with van der Waals surface area (Å²) < 4.78 is 1.72. The van der Waals surface area contributed by atoms with Gasteiger partial charge in [0.05, 0.1) is 5.52 Å². The second-order valence-corrected chi connectivity index (χ2v) is 6.24. The van der Waals surface area contributed by atoms with Crippen LogP contribution in [0.15, 0.2) is 12.1 Å². The molecule has 0 bridgehead atoms. The summed E-state index contributed by atoms with van der Waals surface area (Å²) in [6, 6.07) is 4.09. The Bertz CT molecular complexity index is 668. The molecule has 0 N–H and O–H groups in total. The van der Waals surface area contributed by atoms with E-state index in [4.69, 9.17) is 0 Å². The highest BCUT2D eigenvalue weighted by molar-refractivity contribution is 5.80. The van der Waals surface area contributed by atoms with Crippen molar-refractivity contribution in [1.29, 1.82) is 0 Å². The fourth-order valence-electron chi connectivity index (χ4n) is 2.83. The summed E-state index contributed by atoms with van der Waals surface area (Å²) in [4.78, 5) is 14.4. The largest absolute Gasteiger partial charge is 0.341 e. The zero-order valence-electron chi connectivity index (χ0n) is 13.0. The molecule has 21 heavy (non-hydrogen) atoms. The first-order chi connectivity index (χ1) is 10.0. The van der Waals surface area contributed by atoms with Gasteiger partial charge in [-0.2, -0.15) is 0 Å². The summed E-state index contributed by atoms with van der Waals surface area (Å²) >= 11 is 0. The van der Waals surface area contributed by atoms with Gasteiger partial charge in [0.15, 0.2) is 0 Å². The van der Waals surface area contributed by atoms with E-state index >= 15 is 0 Å². The van der Waals surface area contributed by atoms with Crippen molar-refractivity contribution in [1.82, 2.24) is 19.9 Å². The van der Waals surface area contributed by atoms with Crippen LogP contribution in [0.3, 0.4) is 0 Å². The Hall–Kier alpha value is -1.91. The summed E-state index contributed by atoms with van der Waals surface area (Å²) in [5, 5.41) is 8.32. The normalized spacial score (nSPS) is 16.6. The van der Waals surface area contributed by atoms with Crippen molar-refractivity contribution in [2.24, 2.45) is 5.92 Å². The molecule has 0 radical (unpaired) electrons. The van der Waals surface area contributed by atoms with E-state index in [9.17, 15) is 4.79 Å². The number of likely N-dealkylation sites (tertiary alicyclic amines) is 1. The Morgan fingerprint density at radius 3 is 2.62 bits per heavy atom. The highest BCUT2D eigenvalue weighted by atomic mass is 16.2. The minimum atomic E-state index is 0.145. The van der Waals surface area contributed by atoms with Gasteiger partial charge in [-0.05, 0) is 55.9 Å². The maximum Gasteiger partial charge on any atom is 0.244 e. The first kappa shape index (κ1) is 14.0. The number of aryl methyl sites for hydroxylation is 2. The van der Waals surface area contributed by atoms with Crippen LogP contribution in [-0.2, 0) is 11.3 Å². The highest BCUT2D eigenvalue weighted by Crippen LogP contribution is 2.19. The van der Waals surface area contributed by atoms with Crippen molar-refractivity contribution in [2.75, 3.05) is 13.1 Å². The van der Waals surface area contributed by atoms with Crippen molar-refractivity contribution >= 4 is 16.9 Å². The fourth-order valence-corrected chi connectivity index (χ4v) is 2.83. The molecule has 5 heteroatoms. The van der Waals surface area contributed by atoms with E-state index in [1.54, 1.807) is 4.68 Å². The number of rotatable bonds is 2. The maximum absolute atomic E-state index is 12.4. The third kappa shape index (κ3) is 2.77. The minimum Gasteiger partial charge on any atom is -0.341 e. The molecule has 1 saturated heterocycles. The molecule has 0 unspecified atom stereocenters. The lowest BCUT2D eigenvalue weighted by atomic mass is 9.99. The Labute approximate surface area is 124 Å². The number of amides is 1. The van der Waals surface area contributed by atoms with Gasteiger partial charge in [0.25, 0.3) is 0 Å². The van der Waals surface area contributed by atoms with E-state index in [0.717, 1.165) is 42.9 Å². The van der Waals surface area contributed by atoms with Gasteiger partial charge in [0, 0.05) is 13.1 Å². The van der Waals surface area contributed by atoms with Gasteiger partial charge >= 0.3 is 0 Å². The lowest BCUT2D eigenvalue weighted by Gasteiger charge is -2.30. The molecular formula is C16H22N4O. The van der Waals surface area contributed by atoms with Crippen molar-refractivity contribution < 1.29 is 4.79 Å². The molecule has 1 fully saturated rings. The van der Waals surface area contributed by atoms with Crippen LogP contribution in [-0.4, -0.2) is 38.9 Å². The van der Waals surface area contributed by atoms with Gasteiger partial charge in [0.2, 0.25) is 5.91 Å². The molecule has 2 heterocycles. The molecule has 1 amide bonds. The fraction of sp³-hybridized carbons (Fsp3) is 0.562. The molecule has 1 aliphatic rings. The Morgan fingerprint density at radius 1 is 1.24 bits per heavy atom. The van der Waals surface area contributed by atoms with E-state index < -0.39 is 0 Å². The standard InChI is InChI=1S/C16H22N4O/c1-11-4-6-19(7-5-11)16(21)10-20-15-9-13(3)12(2)8-14(15)17-18-20/h8-9,11H,4-7,10H2,1-3H3. The van der Waals surface area contributed by atoms with E-state index in [1.165, 1.54) is 11.1 Å². The molecule has 1 aromatic heterocycles. The summed E-state index contributed by atoms with van der Waals surface area (Å²) in [6.07, 6.45) is 2.20. The zero-order valence-corrected chi connectivity index (χ0v) is 13.0. The third-order valence-electron chi connectivity index (χ3n) is 4.55. The Kier molecular flexibility index (Phi) is 3.66. The van der Waals surface area contributed by atoms with E-state index in [0.29, 0.717) is 0 Å². The summed E-state index contributed by atoms with van der Waals surface area (Å²) in [5.74, 6) is 0.874. The average molecular weight is 286 g/mol. The number of hydrogen-bond acceptors (Lipinski definition) is 3. The van der Waals surface area contributed by atoms with E-state index in [1.807, 2.05) is 11.0 Å². The summed E-state index contributed by atoms with van der Waals surface area (Å²) in [6.45, 7) is 8.40. The lowest BCUT2D eigenvalue weighted by Crippen LogP contribution is -2.39. The van der Waals surface area contributed by atoms with E-state index in [2.05, 4.69) is 37.1 Å². The van der Waals surface area contributed by atoms with Crippen molar-refractivity contribution in [3.05, 3.63) is 23.3 Å². The van der Waals surface area contributed by atoms with Crippen molar-refractivity contribution in [3.8, 4) is 0 Å². The van der Waals surface area contributed by atoms with Gasteiger partial charge in [-0.25, -0.2) is 4.68 Å². The minimum absolute atomic E-state index is 0.145. The van der Waals surface area contributed by atoms with Crippen molar-refractivity contribution in [3.63, 3.8) is 0 Å². The van der Waals surface area contributed by atoms with Crippen LogP contribution in [0.25, 0.3) is 11.0 Å². The van der Waals surface area contributed by atoms with Crippen LogP contribution in [0.5, 0.6) is 0 Å². The molecule has 0 spiro atoms. The monoisotopic (exact) mass is 286 g/mol. The first-order valence-corrected chi connectivity index (χ1v) is 7.63. The SMILES string of the molecule is Cc1cc2nnn(CC(=O)N3CCC(C)CC3)c2cc1C. The Morgan fingerprint density at radius 2 is 1.90 bits per heavy atom. The van der Waals surface area contributed by atoms with Gasteiger partial charge < -0.3 is 4.90 Å². The van der Waals surface area contributed by atoms with Gasteiger partial charge in [0.1, 0.15) is 12.1 Å². The molecule has 1 aliphatic heterocycles. The number of nitrogens with zero attached hydrogens (tertiary/aromatic N) is 4. The molecule has 5 nitrogen and oxygen atoms in total. The molecule has 0 aliphatic carbocycles. The van der Waals surface area contributed by atoms with Crippen LogP contribution < -0.4 is 0 Å². The van der Waals surface area contributed by atoms with Crippen molar-refractivity contribution in [2.45, 2.75) is 40.2 Å². The quantitative estimate of drug-likeness (QED) is 0.851. The van der Waals surface area contributed by atoms with Crippen LogP contribution in [0.4, 0.5) is 0 Å². The molecule has 3 rings (SSSR count). The second kappa shape index (κ2) is 5.47. The maximum atomic E-state index is 12.4. The van der Waals surface area contributed by atoms with Crippen LogP contribution >= 0.6 is 0 Å². The van der Waals surface area contributed by atoms with Gasteiger partial charge in [-0.3, -0.25) is 4.79 Å². The summed E-state index contributed by atoms with van der Waals surface area (Å²) in [7, 11) is 0. The van der Waals surface area contributed by atoms with Crippen LogP contribution in [0.2, 0.25) is 0 Å². The highest BCUT2D eigenvalue weighted by Gasteiger charge is 2.21. The lowest BCUT2D eigenvalue weighted by molar-refractivity contribution is -0.133.